The molecule has 1 aliphatic heterocycles. The average Bonchev–Trinajstić information content (AvgIpc) is 2.42. The van der Waals surface area contributed by atoms with Crippen LogP contribution in [0, 0.1) is 5.92 Å². The van der Waals surface area contributed by atoms with Crippen molar-refractivity contribution in [2.75, 3.05) is 12.4 Å². The molecule has 0 bridgehead atoms. The van der Waals surface area contributed by atoms with E-state index in [1.807, 2.05) is 0 Å². The van der Waals surface area contributed by atoms with Gasteiger partial charge in [0.05, 0.1) is 17.3 Å². The van der Waals surface area contributed by atoms with Crippen molar-refractivity contribution in [2.24, 2.45) is 5.92 Å². The van der Waals surface area contributed by atoms with Crippen molar-refractivity contribution in [2.45, 2.75) is 11.8 Å². The van der Waals surface area contributed by atoms with Crippen LogP contribution in [0.25, 0.3) is 0 Å². The van der Waals surface area contributed by atoms with Gasteiger partial charge in [-0.25, -0.2) is 13.2 Å². The van der Waals surface area contributed by atoms with E-state index >= 15 is 0 Å². The Morgan fingerprint density at radius 2 is 2.05 bits per heavy atom. The van der Waals surface area contributed by atoms with Crippen molar-refractivity contribution >= 4 is 39.0 Å². The Labute approximate surface area is 126 Å². The van der Waals surface area contributed by atoms with E-state index in [2.05, 4.69) is 4.74 Å². The fraction of sp³-hybridized carbons (Fsp3) is 0.308. The second-order valence-corrected chi connectivity index (χ2v) is 6.86. The number of halogens is 1. The zero-order chi connectivity index (χ0) is 15.8. The first kappa shape index (κ1) is 15.7. The fourth-order valence-corrected chi connectivity index (χ4v) is 4.04. The van der Waals surface area contributed by atoms with Gasteiger partial charge in [0.25, 0.3) is 5.78 Å². The average molecular weight is 331 g/mol. The van der Waals surface area contributed by atoms with Gasteiger partial charge in [-0.05, 0) is 25.1 Å². The highest BCUT2D eigenvalue weighted by atomic mass is 35.5. The number of ether oxygens (including phenoxy) is 1. The molecule has 0 fully saturated rings. The van der Waals surface area contributed by atoms with Crippen molar-refractivity contribution in [3.8, 4) is 0 Å². The number of rotatable bonds is 3. The summed E-state index contributed by atoms with van der Waals surface area (Å²) in [6.45, 7) is 1.46. The van der Waals surface area contributed by atoms with Crippen LogP contribution >= 0.6 is 11.6 Å². The molecule has 1 aromatic rings. The first-order valence-corrected chi connectivity index (χ1v) is 8.08. The fourth-order valence-electron chi connectivity index (χ4n) is 2.07. The van der Waals surface area contributed by atoms with Gasteiger partial charge in [0.2, 0.25) is 0 Å². The van der Waals surface area contributed by atoms with E-state index in [1.54, 1.807) is 0 Å². The molecule has 0 saturated carbocycles. The smallest absolute Gasteiger partial charge is 0.375 e. The number of carbonyl (C=O) groups excluding carboxylic acids is 3. The molecule has 21 heavy (non-hydrogen) atoms. The summed E-state index contributed by atoms with van der Waals surface area (Å²) in [5.74, 6) is -5.39. The van der Waals surface area contributed by atoms with Crippen LogP contribution < -0.4 is 0 Å². The molecule has 8 heteroatoms. The van der Waals surface area contributed by atoms with Crippen molar-refractivity contribution in [1.82, 2.24) is 0 Å². The standard InChI is InChI=1S/C13H11ClO6S/c1-2-20-13(17)12(16)9-6-21(18,19)10-5-7(14)3-4-8(10)11(9)15/h3-5,9H,2,6H2,1H3. The lowest BCUT2D eigenvalue weighted by Crippen LogP contribution is -2.40. The molecular formula is C13H11ClO6S. The second kappa shape index (κ2) is 5.57. The van der Waals surface area contributed by atoms with Crippen LogP contribution in [-0.4, -0.2) is 38.3 Å². The molecule has 6 nitrogen and oxygen atoms in total. The summed E-state index contributed by atoms with van der Waals surface area (Å²) in [6.07, 6.45) is 0. The minimum atomic E-state index is -3.87. The van der Waals surface area contributed by atoms with Crippen LogP contribution in [0.4, 0.5) is 0 Å². The Morgan fingerprint density at radius 1 is 1.38 bits per heavy atom. The maximum Gasteiger partial charge on any atom is 0.375 e. The maximum absolute atomic E-state index is 12.2. The third-order valence-electron chi connectivity index (χ3n) is 3.04. The minimum Gasteiger partial charge on any atom is -0.460 e. The van der Waals surface area contributed by atoms with Crippen molar-refractivity contribution in [1.29, 1.82) is 0 Å². The third kappa shape index (κ3) is 2.84. The van der Waals surface area contributed by atoms with Gasteiger partial charge in [0.1, 0.15) is 5.92 Å². The van der Waals surface area contributed by atoms with Crippen LogP contribution in [0.5, 0.6) is 0 Å². The number of carbonyl (C=O) groups is 3. The molecule has 0 aromatic heterocycles. The lowest BCUT2D eigenvalue weighted by atomic mass is 9.94. The molecule has 2 rings (SSSR count). The number of benzene rings is 1. The van der Waals surface area contributed by atoms with E-state index in [1.165, 1.54) is 19.1 Å². The number of fused-ring (bicyclic) bond motifs is 1. The van der Waals surface area contributed by atoms with Crippen molar-refractivity contribution < 1.29 is 27.5 Å². The van der Waals surface area contributed by atoms with E-state index in [0.29, 0.717) is 0 Å². The molecule has 0 aliphatic carbocycles. The van der Waals surface area contributed by atoms with E-state index in [4.69, 9.17) is 11.6 Å². The summed E-state index contributed by atoms with van der Waals surface area (Å²) in [6, 6.07) is 3.75. The maximum atomic E-state index is 12.2. The quantitative estimate of drug-likeness (QED) is 0.467. The molecule has 1 aromatic carbocycles. The van der Waals surface area contributed by atoms with Crippen LogP contribution in [0.2, 0.25) is 5.02 Å². The Bertz CT molecular complexity index is 737. The van der Waals surface area contributed by atoms with Crippen LogP contribution in [0.1, 0.15) is 17.3 Å². The lowest BCUT2D eigenvalue weighted by molar-refractivity contribution is -0.154. The number of sulfone groups is 1. The number of Topliss-reactive ketones (excluding diaryl/α,β-unsaturated/α-hetero) is 2. The highest BCUT2D eigenvalue weighted by Crippen LogP contribution is 2.31. The molecule has 1 unspecified atom stereocenters. The Hall–Kier alpha value is -1.73. The summed E-state index contributed by atoms with van der Waals surface area (Å²) in [4.78, 5) is 35.3. The van der Waals surface area contributed by atoms with Gasteiger partial charge < -0.3 is 4.74 Å². The Balaban J connectivity index is 2.47. The van der Waals surface area contributed by atoms with E-state index in [9.17, 15) is 22.8 Å². The van der Waals surface area contributed by atoms with Crippen LogP contribution in [0.3, 0.4) is 0 Å². The summed E-state index contributed by atoms with van der Waals surface area (Å²) in [5.41, 5.74) is -0.131. The van der Waals surface area contributed by atoms with Gasteiger partial charge in [-0.15, -0.1) is 0 Å². The second-order valence-electron chi connectivity index (χ2n) is 4.42. The van der Waals surface area contributed by atoms with Gasteiger partial charge in [0, 0.05) is 10.6 Å². The Morgan fingerprint density at radius 3 is 2.67 bits per heavy atom. The van der Waals surface area contributed by atoms with Gasteiger partial charge in [0.15, 0.2) is 15.6 Å². The predicted octanol–water partition coefficient (Wildman–Crippen LogP) is 1.06. The molecule has 0 N–H and O–H groups in total. The summed E-state index contributed by atoms with van der Waals surface area (Å²) in [7, 11) is -3.87. The van der Waals surface area contributed by atoms with E-state index in [0.717, 1.165) is 6.07 Å². The third-order valence-corrected chi connectivity index (χ3v) is 5.06. The number of ketones is 2. The highest BCUT2D eigenvalue weighted by Gasteiger charge is 2.43. The summed E-state index contributed by atoms with van der Waals surface area (Å²) < 4.78 is 28.8. The molecule has 0 spiro atoms. The summed E-state index contributed by atoms with van der Waals surface area (Å²) >= 11 is 5.73. The molecule has 0 amide bonds. The topological polar surface area (TPSA) is 94.6 Å². The van der Waals surface area contributed by atoms with Gasteiger partial charge in [-0.3, -0.25) is 9.59 Å². The first-order valence-electron chi connectivity index (χ1n) is 6.05. The van der Waals surface area contributed by atoms with Crippen LogP contribution in [0.15, 0.2) is 23.1 Å². The zero-order valence-corrected chi connectivity index (χ0v) is 12.5. The normalized spacial score (nSPS) is 19.7. The van der Waals surface area contributed by atoms with E-state index in [-0.39, 0.29) is 22.1 Å². The minimum absolute atomic E-state index is 0.0373. The van der Waals surface area contributed by atoms with Crippen LogP contribution in [-0.2, 0) is 24.2 Å². The van der Waals surface area contributed by atoms with Gasteiger partial charge in [-0.1, -0.05) is 11.6 Å². The zero-order valence-electron chi connectivity index (χ0n) is 11.0. The molecule has 1 atom stereocenters. The monoisotopic (exact) mass is 330 g/mol. The number of hydrogen-bond acceptors (Lipinski definition) is 6. The molecule has 0 radical (unpaired) electrons. The highest BCUT2D eigenvalue weighted by molar-refractivity contribution is 7.91. The first-order chi connectivity index (χ1) is 9.77. The van der Waals surface area contributed by atoms with Gasteiger partial charge >= 0.3 is 5.97 Å². The van der Waals surface area contributed by atoms with Crippen molar-refractivity contribution in [3.63, 3.8) is 0 Å². The number of esters is 1. The Kier molecular flexibility index (Phi) is 4.15. The summed E-state index contributed by atoms with van der Waals surface area (Å²) in [5, 5.41) is 0.167. The molecule has 112 valence electrons. The molecular weight excluding hydrogens is 320 g/mol. The largest absolute Gasteiger partial charge is 0.460 e. The van der Waals surface area contributed by atoms with E-state index < -0.39 is 39.0 Å². The lowest BCUT2D eigenvalue weighted by Gasteiger charge is -2.21. The SMILES string of the molecule is CCOC(=O)C(=O)C1CS(=O)(=O)c2cc(Cl)ccc2C1=O. The predicted molar refractivity (Wildman–Crippen MR) is 73.0 cm³/mol. The molecule has 1 heterocycles. The van der Waals surface area contributed by atoms with Crippen molar-refractivity contribution in [3.05, 3.63) is 28.8 Å². The molecule has 1 aliphatic rings. The van der Waals surface area contributed by atoms with Gasteiger partial charge in [-0.2, -0.15) is 0 Å². The molecule has 0 saturated heterocycles. The number of hydrogen-bond donors (Lipinski definition) is 0.